The first-order valence-corrected chi connectivity index (χ1v) is 14.8. The molecule has 1 aromatic rings. The molecule has 2 unspecified atom stereocenters. The predicted molar refractivity (Wildman–Crippen MR) is 123 cm³/mol. The van der Waals surface area contributed by atoms with Crippen molar-refractivity contribution in [3.05, 3.63) is 48.0 Å². The van der Waals surface area contributed by atoms with Crippen LogP contribution in [0.25, 0.3) is 0 Å². The monoisotopic (exact) mass is 438 g/mol. The highest BCUT2D eigenvalue weighted by molar-refractivity contribution is 6.75. The third-order valence-corrected chi connectivity index (χ3v) is 12.2. The van der Waals surface area contributed by atoms with Crippen LogP contribution in [-0.2, 0) is 13.9 Å². The van der Waals surface area contributed by atoms with Crippen LogP contribution >= 0.6 is 0 Å². The number of hydrogen-bond acceptors (Lipinski definition) is 5. The molecular weight excluding hydrogens is 404 g/mol. The minimum atomic E-state index is -1.66. The molecule has 0 radical (unpaired) electrons. The molecule has 0 amide bonds. The van der Waals surface area contributed by atoms with Crippen LogP contribution in [0.15, 0.2) is 47.6 Å². The Labute approximate surface area is 186 Å². The van der Waals surface area contributed by atoms with Crippen molar-refractivity contribution in [2.75, 3.05) is 6.54 Å². The largest absolute Gasteiger partial charge is 0.408 e. The van der Waals surface area contributed by atoms with Gasteiger partial charge in [-0.25, -0.2) is 0 Å². The van der Waals surface area contributed by atoms with E-state index < -0.39 is 8.32 Å². The van der Waals surface area contributed by atoms with Gasteiger partial charge in [0.15, 0.2) is 8.32 Å². The molecule has 1 aromatic carbocycles. The summed E-state index contributed by atoms with van der Waals surface area (Å²) in [7, 11) is -1.66. The maximum Gasteiger partial charge on any atom is 0.190 e. The number of nitrogens with zero attached hydrogens (tertiary/aromatic N) is 2. The Balaban J connectivity index is 1.24. The molecule has 31 heavy (non-hydrogen) atoms. The molecule has 8 atom stereocenters. The molecule has 6 rings (SSSR count). The number of epoxide rings is 1. The smallest absolute Gasteiger partial charge is 0.190 e. The summed E-state index contributed by atoms with van der Waals surface area (Å²) >= 11 is 0. The fraction of sp³-hybridized carbons (Fsp3) is 0.640. The van der Waals surface area contributed by atoms with Crippen molar-refractivity contribution in [3.8, 4) is 0 Å². The van der Waals surface area contributed by atoms with Gasteiger partial charge in [0.25, 0.3) is 0 Å². The van der Waals surface area contributed by atoms with Gasteiger partial charge in [-0.05, 0) is 31.1 Å². The van der Waals surface area contributed by atoms with Crippen molar-refractivity contribution in [3.63, 3.8) is 0 Å². The van der Waals surface area contributed by atoms with Gasteiger partial charge in [-0.3, -0.25) is 5.01 Å². The van der Waals surface area contributed by atoms with Gasteiger partial charge < -0.3 is 13.9 Å². The highest BCUT2D eigenvalue weighted by Gasteiger charge is 2.72. The first-order valence-electron chi connectivity index (χ1n) is 11.9. The SMILES string of the molecule is C[C@@H]1[C@@H]2C=C[C@@H](O2)[C@H](C)C1(O[Si]1(C)CCC1)[C@H]1O[C@]1(C)/C=N/N1CC1c1ccccc1. The van der Waals surface area contributed by atoms with Gasteiger partial charge in [-0.1, -0.05) is 62.8 Å². The fourth-order valence-corrected chi connectivity index (χ4v) is 9.05. The molecule has 2 bridgehead atoms. The first kappa shape index (κ1) is 20.2. The number of ether oxygens (including phenoxy) is 2. The Bertz CT molecular complexity index is 899. The summed E-state index contributed by atoms with van der Waals surface area (Å²) in [4.78, 5) is 0. The molecule has 4 saturated heterocycles. The van der Waals surface area contributed by atoms with E-state index in [0.29, 0.717) is 6.04 Å². The Hall–Kier alpha value is -1.47. The summed E-state index contributed by atoms with van der Waals surface area (Å²) in [5.74, 6) is 0.530. The van der Waals surface area contributed by atoms with E-state index in [0.717, 1.165) is 6.54 Å². The second-order valence-corrected chi connectivity index (χ2v) is 14.9. The number of hydrogen-bond donors (Lipinski definition) is 0. The van der Waals surface area contributed by atoms with Crippen molar-refractivity contribution in [2.24, 2.45) is 16.9 Å². The molecule has 0 spiro atoms. The zero-order chi connectivity index (χ0) is 21.4. The average molecular weight is 439 g/mol. The fourth-order valence-electron chi connectivity index (χ4n) is 6.17. The van der Waals surface area contributed by atoms with E-state index in [1.807, 2.05) is 6.21 Å². The average Bonchev–Trinajstić information content (AvgIpc) is 3.62. The van der Waals surface area contributed by atoms with Gasteiger partial charge in [0.05, 0.1) is 36.6 Å². The minimum absolute atomic E-state index is 0.0302. The lowest BCUT2D eigenvalue weighted by Crippen LogP contribution is -2.66. The van der Waals surface area contributed by atoms with Crippen LogP contribution in [0.5, 0.6) is 0 Å². The molecule has 6 heteroatoms. The van der Waals surface area contributed by atoms with E-state index in [-0.39, 0.29) is 41.3 Å². The van der Waals surface area contributed by atoms with E-state index in [1.54, 1.807) is 0 Å². The van der Waals surface area contributed by atoms with Gasteiger partial charge in [0.1, 0.15) is 11.7 Å². The van der Waals surface area contributed by atoms with Gasteiger partial charge in [0.2, 0.25) is 0 Å². The third-order valence-electron chi connectivity index (χ3n) is 8.53. The second-order valence-electron chi connectivity index (χ2n) is 10.8. The summed E-state index contributed by atoms with van der Waals surface area (Å²) < 4.78 is 20.0. The van der Waals surface area contributed by atoms with E-state index in [4.69, 9.17) is 19.0 Å². The summed E-state index contributed by atoms with van der Waals surface area (Å²) in [5.41, 5.74) is 0.644. The second kappa shape index (κ2) is 6.76. The normalized spacial score (nSPS) is 46.9. The number of hydrazone groups is 1. The quantitative estimate of drug-likeness (QED) is 0.283. The summed E-state index contributed by atoms with van der Waals surface area (Å²) in [6, 6.07) is 13.5. The third kappa shape index (κ3) is 3.10. The van der Waals surface area contributed by atoms with Crippen molar-refractivity contribution < 1.29 is 13.9 Å². The van der Waals surface area contributed by atoms with Crippen molar-refractivity contribution in [1.29, 1.82) is 0 Å². The van der Waals surface area contributed by atoms with E-state index >= 15 is 0 Å². The zero-order valence-electron chi connectivity index (χ0n) is 19.0. The van der Waals surface area contributed by atoms with Crippen molar-refractivity contribution in [1.82, 2.24) is 5.01 Å². The molecule has 0 saturated carbocycles. The van der Waals surface area contributed by atoms with Crippen LogP contribution in [0.2, 0.25) is 18.6 Å². The summed E-state index contributed by atoms with van der Waals surface area (Å²) in [6.45, 7) is 10.2. The van der Waals surface area contributed by atoms with Crippen LogP contribution < -0.4 is 0 Å². The summed E-state index contributed by atoms with van der Waals surface area (Å²) in [5, 5.41) is 6.98. The Kier molecular flexibility index (Phi) is 4.40. The number of fused-ring (bicyclic) bond motifs is 2. The highest BCUT2D eigenvalue weighted by Crippen LogP contribution is 2.58. The molecule has 0 aliphatic carbocycles. The molecule has 5 aliphatic heterocycles. The maximum absolute atomic E-state index is 7.26. The zero-order valence-corrected chi connectivity index (χ0v) is 20.0. The van der Waals surface area contributed by atoms with Crippen LogP contribution in [0.1, 0.15) is 38.8 Å². The Morgan fingerprint density at radius 3 is 2.42 bits per heavy atom. The van der Waals surface area contributed by atoms with Gasteiger partial charge in [-0.15, -0.1) is 0 Å². The molecule has 0 aromatic heterocycles. The van der Waals surface area contributed by atoms with Gasteiger partial charge in [0, 0.05) is 11.8 Å². The summed E-state index contributed by atoms with van der Waals surface area (Å²) in [6.07, 6.45) is 8.12. The number of rotatable bonds is 6. The Morgan fingerprint density at radius 1 is 1.13 bits per heavy atom. The first-order chi connectivity index (χ1) is 14.8. The molecule has 0 N–H and O–H groups in total. The van der Waals surface area contributed by atoms with Gasteiger partial charge in [-0.2, -0.15) is 5.10 Å². The Morgan fingerprint density at radius 2 is 1.81 bits per heavy atom. The molecule has 4 fully saturated rings. The van der Waals surface area contributed by atoms with Crippen LogP contribution in [-0.4, -0.2) is 55.6 Å². The number of benzene rings is 1. The van der Waals surface area contributed by atoms with Gasteiger partial charge >= 0.3 is 0 Å². The lowest BCUT2D eigenvalue weighted by molar-refractivity contribution is -0.182. The topological polar surface area (TPSA) is 46.4 Å². The van der Waals surface area contributed by atoms with E-state index in [1.165, 1.54) is 24.1 Å². The molecule has 166 valence electrons. The lowest BCUT2D eigenvalue weighted by Gasteiger charge is -2.55. The van der Waals surface area contributed by atoms with Crippen LogP contribution in [0.3, 0.4) is 0 Å². The molecule has 5 heterocycles. The maximum atomic E-state index is 7.26. The standard InChI is InChI=1S/C25H34N2O3Si/c1-17-21-11-12-22(28-21)18(2)25(17,30-31(4)13-8-14-31)23-24(3,29-23)16-26-27-15-20(27)19-9-6-5-7-10-19/h5-7,9-12,16-18,20-23H,8,13-15H2,1-4H3/b26-16+/t17-,18+,20?,21+,22-,23-,24+,25?,27?/m0/s1. The molecule has 5 nitrogen and oxygen atoms in total. The predicted octanol–water partition coefficient (Wildman–Crippen LogP) is 4.53. The molecular formula is C25H34N2O3Si. The minimum Gasteiger partial charge on any atom is -0.408 e. The van der Waals surface area contributed by atoms with Crippen molar-refractivity contribution in [2.45, 2.75) is 81.4 Å². The molecule has 5 aliphatic rings. The van der Waals surface area contributed by atoms with Crippen molar-refractivity contribution >= 4 is 14.5 Å². The lowest BCUT2D eigenvalue weighted by atomic mass is 9.69. The van der Waals surface area contributed by atoms with E-state index in [2.05, 4.69) is 74.8 Å². The van der Waals surface area contributed by atoms with E-state index in [9.17, 15) is 0 Å². The highest BCUT2D eigenvalue weighted by atomic mass is 28.4. The van der Waals surface area contributed by atoms with Crippen LogP contribution in [0.4, 0.5) is 0 Å². The van der Waals surface area contributed by atoms with Crippen LogP contribution in [0, 0.1) is 11.8 Å².